The number of carboxylic acid groups (broad SMARTS) is 1. The molecule has 0 aliphatic heterocycles. The van der Waals surface area contributed by atoms with E-state index >= 15 is 0 Å². The van der Waals surface area contributed by atoms with Gasteiger partial charge < -0.3 is 15.2 Å². The van der Waals surface area contributed by atoms with E-state index in [4.69, 9.17) is 9.84 Å². The van der Waals surface area contributed by atoms with E-state index in [1.54, 1.807) is 6.92 Å². The third-order valence-corrected chi connectivity index (χ3v) is 3.88. The van der Waals surface area contributed by atoms with Gasteiger partial charge in [-0.2, -0.15) is 0 Å². The Morgan fingerprint density at radius 1 is 1.07 bits per heavy atom. The molecular weight excluding hydrogens is 363 g/mol. The van der Waals surface area contributed by atoms with Crippen LogP contribution in [0.25, 0.3) is 11.1 Å². The highest BCUT2D eigenvalue weighted by Gasteiger charge is 2.30. The van der Waals surface area contributed by atoms with Crippen molar-refractivity contribution in [3.63, 3.8) is 0 Å². The summed E-state index contributed by atoms with van der Waals surface area (Å²) in [6.07, 6.45) is -0.335. The highest BCUT2D eigenvalue weighted by atomic mass is 19.2. The van der Waals surface area contributed by atoms with E-state index in [-0.39, 0.29) is 24.2 Å². The fourth-order valence-corrected chi connectivity index (χ4v) is 2.67. The monoisotopic (exact) mass is 381 g/mol. The average molecular weight is 381 g/mol. The number of carboxylic acids is 1. The first-order valence-electron chi connectivity index (χ1n) is 7.93. The summed E-state index contributed by atoms with van der Waals surface area (Å²) in [6.45, 7) is 1.54. The normalized spacial score (nSPS) is 13.1. The Labute approximate surface area is 153 Å². The van der Waals surface area contributed by atoms with Crippen LogP contribution in [0.2, 0.25) is 0 Å². The number of hydrogen-bond donors (Lipinski definition) is 2. The quantitative estimate of drug-likeness (QED) is 0.721. The van der Waals surface area contributed by atoms with Crippen LogP contribution in [0.15, 0.2) is 36.4 Å². The minimum absolute atomic E-state index is 0.00272. The molecule has 0 spiro atoms. The summed E-state index contributed by atoms with van der Waals surface area (Å²) in [5.74, 6) is -5.79. The Kier molecular flexibility index (Phi) is 6.22. The molecule has 0 saturated carbocycles. The lowest BCUT2D eigenvalue weighted by atomic mass is 9.97. The molecule has 0 aliphatic carbocycles. The van der Waals surface area contributed by atoms with Crippen molar-refractivity contribution >= 4 is 11.9 Å². The first-order chi connectivity index (χ1) is 12.6. The van der Waals surface area contributed by atoms with Crippen LogP contribution in [0, 0.1) is 17.5 Å². The smallest absolute Gasteiger partial charge is 0.305 e. The van der Waals surface area contributed by atoms with Gasteiger partial charge in [-0.05, 0) is 42.3 Å². The van der Waals surface area contributed by atoms with Crippen molar-refractivity contribution in [1.82, 2.24) is 5.32 Å². The number of ether oxygens (including phenoxy) is 1. The zero-order valence-corrected chi connectivity index (χ0v) is 14.7. The molecule has 2 N–H and O–H groups in total. The molecule has 1 unspecified atom stereocenters. The Morgan fingerprint density at radius 2 is 1.63 bits per heavy atom. The van der Waals surface area contributed by atoms with Gasteiger partial charge in [-0.3, -0.25) is 9.59 Å². The molecule has 2 aromatic rings. The summed E-state index contributed by atoms with van der Waals surface area (Å²) in [4.78, 5) is 23.4. The average Bonchev–Trinajstić information content (AvgIpc) is 2.58. The maximum absolute atomic E-state index is 13.4. The summed E-state index contributed by atoms with van der Waals surface area (Å²) in [5.41, 5.74) is -0.392. The fraction of sp³-hybridized carbons (Fsp3) is 0.263. The lowest BCUT2D eigenvalue weighted by Gasteiger charge is -2.28. The van der Waals surface area contributed by atoms with Gasteiger partial charge in [-0.1, -0.05) is 12.1 Å². The molecule has 2 aromatic carbocycles. The summed E-state index contributed by atoms with van der Waals surface area (Å²) in [5, 5.41) is 11.6. The van der Waals surface area contributed by atoms with Crippen LogP contribution < -0.4 is 5.32 Å². The molecule has 1 amide bonds. The molecule has 0 aliphatic rings. The summed E-state index contributed by atoms with van der Waals surface area (Å²) in [6, 6.07) is 7.44. The van der Waals surface area contributed by atoms with E-state index in [9.17, 15) is 22.8 Å². The number of carbonyl (C=O) groups is 2. The molecule has 0 aromatic heterocycles. The minimum Gasteiger partial charge on any atom is -0.481 e. The first-order valence-corrected chi connectivity index (χ1v) is 7.93. The predicted molar refractivity (Wildman–Crippen MR) is 91.8 cm³/mol. The lowest BCUT2D eigenvalue weighted by molar-refractivity contribution is -0.139. The number of carbonyl (C=O) groups excluding carboxylic acids is 1. The number of hydrogen-bond acceptors (Lipinski definition) is 3. The van der Waals surface area contributed by atoms with Gasteiger partial charge in [0.25, 0.3) is 5.91 Å². The van der Waals surface area contributed by atoms with Crippen LogP contribution in [0.4, 0.5) is 13.2 Å². The van der Waals surface area contributed by atoms with Crippen molar-refractivity contribution < 1.29 is 32.6 Å². The van der Waals surface area contributed by atoms with Gasteiger partial charge in [-0.25, -0.2) is 13.2 Å². The molecule has 8 heteroatoms. The van der Waals surface area contributed by atoms with E-state index in [1.807, 2.05) is 0 Å². The Hall–Kier alpha value is -2.87. The van der Waals surface area contributed by atoms with Crippen molar-refractivity contribution in [1.29, 1.82) is 0 Å². The standard InChI is InChI=1S/C19H18F3NO4/c1-19(10-27-2,9-16(24)25)23-18(26)12-5-3-11(4-6-12)13-7-14(20)17(22)15(21)8-13/h3-8H,9-10H2,1-2H3,(H,23,26)(H,24,25). The summed E-state index contributed by atoms with van der Waals surface area (Å²) < 4.78 is 44.7. The number of aliphatic carboxylic acids is 1. The molecule has 1 atom stereocenters. The highest BCUT2D eigenvalue weighted by molar-refractivity contribution is 5.95. The van der Waals surface area contributed by atoms with Crippen LogP contribution in [-0.2, 0) is 9.53 Å². The summed E-state index contributed by atoms with van der Waals surface area (Å²) in [7, 11) is 1.39. The molecule has 0 bridgehead atoms. The van der Waals surface area contributed by atoms with Crippen molar-refractivity contribution in [2.75, 3.05) is 13.7 Å². The molecule has 0 heterocycles. The van der Waals surface area contributed by atoms with Gasteiger partial charge in [-0.15, -0.1) is 0 Å². The minimum atomic E-state index is -1.55. The summed E-state index contributed by atoms with van der Waals surface area (Å²) >= 11 is 0. The molecule has 144 valence electrons. The predicted octanol–water partition coefficient (Wildman–Crippen LogP) is 3.38. The third kappa shape index (κ3) is 5.07. The fourth-order valence-electron chi connectivity index (χ4n) is 2.67. The number of amides is 1. The van der Waals surface area contributed by atoms with E-state index in [0.717, 1.165) is 12.1 Å². The van der Waals surface area contributed by atoms with Crippen LogP contribution in [0.1, 0.15) is 23.7 Å². The Balaban J connectivity index is 2.21. The van der Waals surface area contributed by atoms with Crippen LogP contribution in [0.3, 0.4) is 0 Å². The van der Waals surface area contributed by atoms with Gasteiger partial charge in [0.05, 0.1) is 18.6 Å². The molecule has 0 fully saturated rings. The van der Waals surface area contributed by atoms with Crippen LogP contribution in [-0.4, -0.2) is 36.2 Å². The number of halogens is 3. The second kappa shape index (κ2) is 8.22. The zero-order chi connectivity index (χ0) is 20.2. The van der Waals surface area contributed by atoms with Crippen molar-refractivity contribution in [2.24, 2.45) is 0 Å². The van der Waals surface area contributed by atoms with Gasteiger partial charge in [0.1, 0.15) is 0 Å². The second-order valence-corrected chi connectivity index (χ2v) is 6.35. The molecule has 0 radical (unpaired) electrons. The van der Waals surface area contributed by atoms with Crippen molar-refractivity contribution in [3.8, 4) is 11.1 Å². The number of nitrogens with one attached hydrogen (secondary N) is 1. The maximum atomic E-state index is 13.4. The largest absolute Gasteiger partial charge is 0.481 e. The molecule has 5 nitrogen and oxygen atoms in total. The zero-order valence-electron chi connectivity index (χ0n) is 14.7. The van der Waals surface area contributed by atoms with E-state index in [0.29, 0.717) is 5.56 Å². The van der Waals surface area contributed by atoms with Crippen molar-refractivity contribution in [2.45, 2.75) is 18.9 Å². The van der Waals surface area contributed by atoms with Crippen LogP contribution >= 0.6 is 0 Å². The van der Waals surface area contributed by atoms with Gasteiger partial charge >= 0.3 is 5.97 Å². The van der Waals surface area contributed by atoms with Crippen LogP contribution in [0.5, 0.6) is 0 Å². The molecule has 0 saturated heterocycles. The van der Waals surface area contributed by atoms with E-state index < -0.39 is 34.9 Å². The van der Waals surface area contributed by atoms with Crippen molar-refractivity contribution in [3.05, 3.63) is 59.4 Å². The molecule has 27 heavy (non-hydrogen) atoms. The molecule has 2 rings (SSSR count). The lowest BCUT2D eigenvalue weighted by Crippen LogP contribution is -2.50. The number of rotatable bonds is 7. The number of methoxy groups -OCH3 is 1. The van der Waals surface area contributed by atoms with E-state index in [1.165, 1.54) is 31.4 Å². The topological polar surface area (TPSA) is 75.6 Å². The Morgan fingerprint density at radius 3 is 2.11 bits per heavy atom. The Bertz CT molecular complexity index is 832. The van der Waals surface area contributed by atoms with Gasteiger partial charge in [0.2, 0.25) is 0 Å². The third-order valence-electron chi connectivity index (χ3n) is 3.88. The first kappa shape index (κ1) is 20.4. The second-order valence-electron chi connectivity index (χ2n) is 6.35. The number of benzene rings is 2. The maximum Gasteiger partial charge on any atom is 0.305 e. The van der Waals surface area contributed by atoms with E-state index in [2.05, 4.69) is 5.32 Å². The SMILES string of the molecule is COCC(C)(CC(=O)O)NC(=O)c1ccc(-c2cc(F)c(F)c(F)c2)cc1. The molecular formula is C19H18F3NO4. The van der Waals surface area contributed by atoms with Gasteiger partial charge in [0, 0.05) is 12.7 Å². The highest BCUT2D eigenvalue weighted by Crippen LogP contribution is 2.24. The van der Waals surface area contributed by atoms with Gasteiger partial charge in [0.15, 0.2) is 17.5 Å².